The molecule has 3 nitrogen and oxygen atoms in total. The summed E-state index contributed by atoms with van der Waals surface area (Å²) in [5.74, 6) is 0. The second-order valence-corrected chi connectivity index (χ2v) is 5.80. The van der Waals surface area contributed by atoms with Gasteiger partial charge in [0.05, 0.1) is 20.9 Å². The van der Waals surface area contributed by atoms with E-state index in [2.05, 4.69) is 4.98 Å². The average Bonchev–Trinajstić information content (AvgIpc) is 2.72. The highest BCUT2D eigenvalue weighted by Crippen LogP contribution is 2.34. The standard InChI is InChI=1S/C11H9Cl2N3S/c1-5(14)8-4-16-10-7(13)2-6(12)3-9(10)17-11(16)15-8/h2-5H,14H2,1H3. The van der Waals surface area contributed by atoms with Crippen LogP contribution < -0.4 is 5.73 Å². The minimum Gasteiger partial charge on any atom is -0.323 e. The molecule has 0 amide bonds. The van der Waals surface area contributed by atoms with Crippen LogP contribution in [0.15, 0.2) is 18.3 Å². The van der Waals surface area contributed by atoms with Gasteiger partial charge in [0.15, 0.2) is 4.96 Å². The maximum Gasteiger partial charge on any atom is 0.195 e. The Morgan fingerprint density at radius 2 is 2.18 bits per heavy atom. The number of hydrogen-bond donors (Lipinski definition) is 1. The summed E-state index contributed by atoms with van der Waals surface area (Å²) in [7, 11) is 0. The molecular weight excluding hydrogens is 277 g/mol. The highest BCUT2D eigenvalue weighted by atomic mass is 35.5. The zero-order valence-corrected chi connectivity index (χ0v) is 11.3. The van der Waals surface area contributed by atoms with E-state index in [9.17, 15) is 0 Å². The van der Waals surface area contributed by atoms with Gasteiger partial charge in [-0.2, -0.15) is 0 Å². The van der Waals surface area contributed by atoms with Crippen LogP contribution in [0, 0.1) is 0 Å². The molecule has 0 saturated heterocycles. The number of benzene rings is 1. The first-order valence-corrected chi connectivity index (χ1v) is 6.65. The SMILES string of the molecule is CC(N)c1cn2c(n1)sc1cc(Cl)cc(Cl)c12. The first-order valence-electron chi connectivity index (χ1n) is 5.08. The first-order chi connectivity index (χ1) is 8.06. The van der Waals surface area contributed by atoms with Crippen LogP contribution >= 0.6 is 34.5 Å². The van der Waals surface area contributed by atoms with Crippen molar-refractivity contribution >= 4 is 49.7 Å². The van der Waals surface area contributed by atoms with E-state index in [1.165, 1.54) is 0 Å². The molecule has 17 heavy (non-hydrogen) atoms. The Morgan fingerprint density at radius 1 is 1.41 bits per heavy atom. The Labute approximate surface area is 112 Å². The second-order valence-electron chi connectivity index (χ2n) is 3.94. The van der Waals surface area contributed by atoms with Crippen molar-refractivity contribution in [3.05, 3.63) is 34.1 Å². The Balaban J connectivity index is 2.40. The van der Waals surface area contributed by atoms with Gasteiger partial charge < -0.3 is 5.73 Å². The monoisotopic (exact) mass is 285 g/mol. The van der Waals surface area contributed by atoms with Crippen LogP contribution in [0.1, 0.15) is 18.7 Å². The van der Waals surface area contributed by atoms with Crippen LogP contribution in [0.3, 0.4) is 0 Å². The number of nitrogens with two attached hydrogens (primary N) is 1. The number of thiazole rings is 1. The first kappa shape index (κ1) is 11.3. The van der Waals surface area contributed by atoms with E-state index in [0.717, 1.165) is 20.9 Å². The van der Waals surface area contributed by atoms with Gasteiger partial charge in [-0.05, 0) is 19.1 Å². The van der Waals surface area contributed by atoms with Crippen molar-refractivity contribution in [2.45, 2.75) is 13.0 Å². The molecule has 0 radical (unpaired) electrons. The zero-order chi connectivity index (χ0) is 12.2. The molecule has 0 bridgehead atoms. The van der Waals surface area contributed by atoms with Crippen molar-refractivity contribution in [1.29, 1.82) is 0 Å². The lowest BCUT2D eigenvalue weighted by molar-refractivity contribution is 0.790. The third kappa shape index (κ3) is 1.72. The van der Waals surface area contributed by atoms with Crippen LogP contribution in [0.5, 0.6) is 0 Å². The molecule has 0 spiro atoms. The summed E-state index contributed by atoms with van der Waals surface area (Å²) in [6.07, 6.45) is 1.93. The van der Waals surface area contributed by atoms with Crippen molar-refractivity contribution in [2.75, 3.05) is 0 Å². The molecule has 0 saturated carbocycles. The molecule has 2 heterocycles. The van der Waals surface area contributed by atoms with Gasteiger partial charge in [-0.15, -0.1) is 0 Å². The zero-order valence-electron chi connectivity index (χ0n) is 8.95. The molecule has 1 atom stereocenters. The summed E-state index contributed by atoms with van der Waals surface area (Å²) in [5.41, 5.74) is 7.62. The number of nitrogens with zero attached hydrogens (tertiary/aromatic N) is 2. The van der Waals surface area contributed by atoms with Gasteiger partial charge in [0.2, 0.25) is 0 Å². The predicted octanol–water partition coefficient (Wildman–Crippen LogP) is 3.88. The highest BCUT2D eigenvalue weighted by Gasteiger charge is 2.13. The molecule has 0 aliphatic rings. The topological polar surface area (TPSA) is 43.3 Å². The van der Waals surface area contributed by atoms with E-state index in [1.807, 2.05) is 23.6 Å². The van der Waals surface area contributed by atoms with Gasteiger partial charge in [0, 0.05) is 17.3 Å². The number of fused-ring (bicyclic) bond motifs is 3. The summed E-state index contributed by atoms with van der Waals surface area (Å²) >= 11 is 13.7. The van der Waals surface area contributed by atoms with E-state index in [4.69, 9.17) is 28.9 Å². The third-order valence-electron chi connectivity index (χ3n) is 2.59. The number of aromatic nitrogens is 2. The average molecular weight is 286 g/mol. The Hall–Kier alpha value is -0.810. The van der Waals surface area contributed by atoms with Crippen molar-refractivity contribution < 1.29 is 0 Å². The smallest absolute Gasteiger partial charge is 0.195 e. The molecule has 0 fully saturated rings. The fourth-order valence-electron chi connectivity index (χ4n) is 1.78. The Bertz CT molecular complexity index is 714. The van der Waals surface area contributed by atoms with Crippen molar-refractivity contribution in [2.24, 2.45) is 5.73 Å². The summed E-state index contributed by atoms with van der Waals surface area (Å²) < 4.78 is 3.00. The fourth-order valence-corrected chi connectivity index (χ4v) is 3.57. The number of imidazole rings is 1. The van der Waals surface area contributed by atoms with Crippen LogP contribution in [0.4, 0.5) is 0 Å². The van der Waals surface area contributed by atoms with Gasteiger partial charge in [-0.1, -0.05) is 34.5 Å². The Morgan fingerprint density at radius 3 is 2.88 bits per heavy atom. The second kappa shape index (κ2) is 3.85. The largest absolute Gasteiger partial charge is 0.323 e. The van der Waals surface area contributed by atoms with E-state index >= 15 is 0 Å². The maximum atomic E-state index is 6.21. The lowest BCUT2D eigenvalue weighted by Gasteiger charge is -1.98. The summed E-state index contributed by atoms with van der Waals surface area (Å²) in [4.78, 5) is 5.36. The molecule has 3 aromatic rings. The fraction of sp³-hybridized carbons (Fsp3) is 0.182. The summed E-state index contributed by atoms with van der Waals surface area (Å²) in [5, 5.41) is 1.27. The minimum atomic E-state index is -0.0803. The molecule has 2 N–H and O–H groups in total. The highest BCUT2D eigenvalue weighted by molar-refractivity contribution is 7.23. The lowest BCUT2D eigenvalue weighted by Crippen LogP contribution is -2.04. The molecule has 6 heteroatoms. The van der Waals surface area contributed by atoms with E-state index in [0.29, 0.717) is 10.0 Å². The maximum absolute atomic E-state index is 6.21. The molecule has 2 aromatic heterocycles. The normalized spacial score (nSPS) is 13.6. The van der Waals surface area contributed by atoms with Crippen molar-refractivity contribution in [1.82, 2.24) is 9.38 Å². The number of halogens is 2. The summed E-state index contributed by atoms with van der Waals surface area (Å²) in [6.45, 7) is 1.91. The van der Waals surface area contributed by atoms with E-state index in [1.54, 1.807) is 17.4 Å². The van der Waals surface area contributed by atoms with E-state index < -0.39 is 0 Å². The minimum absolute atomic E-state index is 0.0803. The molecule has 0 aliphatic heterocycles. The molecule has 88 valence electrons. The lowest BCUT2D eigenvalue weighted by atomic mass is 10.3. The van der Waals surface area contributed by atoms with Gasteiger partial charge >= 0.3 is 0 Å². The van der Waals surface area contributed by atoms with Gasteiger partial charge in [0.1, 0.15) is 0 Å². The van der Waals surface area contributed by atoms with Crippen LogP contribution in [-0.2, 0) is 0 Å². The Kier molecular flexibility index (Phi) is 2.56. The number of rotatable bonds is 1. The molecule has 1 unspecified atom stereocenters. The van der Waals surface area contributed by atoms with Gasteiger partial charge in [-0.3, -0.25) is 4.40 Å². The van der Waals surface area contributed by atoms with Crippen molar-refractivity contribution in [3.8, 4) is 0 Å². The summed E-state index contributed by atoms with van der Waals surface area (Å²) in [6, 6.07) is 3.56. The molecule has 1 aromatic carbocycles. The van der Waals surface area contributed by atoms with Crippen LogP contribution in [0.25, 0.3) is 15.2 Å². The van der Waals surface area contributed by atoms with Crippen LogP contribution in [-0.4, -0.2) is 9.38 Å². The molecular formula is C11H9Cl2N3S. The van der Waals surface area contributed by atoms with E-state index in [-0.39, 0.29) is 6.04 Å². The quantitative estimate of drug-likeness (QED) is 0.737. The van der Waals surface area contributed by atoms with Gasteiger partial charge in [0.25, 0.3) is 0 Å². The van der Waals surface area contributed by atoms with Crippen molar-refractivity contribution in [3.63, 3.8) is 0 Å². The third-order valence-corrected chi connectivity index (χ3v) is 4.10. The molecule has 3 rings (SSSR count). The number of hydrogen-bond acceptors (Lipinski definition) is 3. The van der Waals surface area contributed by atoms with Gasteiger partial charge in [-0.25, -0.2) is 4.98 Å². The van der Waals surface area contributed by atoms with Crippen LogP contribution in [0.2, 0.25) is 10.0 Å². The molecule has 0 aliphatic carbocycles. The predicted molar refractivity (Wildman–Crippen MR) is 73.2 cm³/mol.